The van der Waals surface area contributed by atoms with Crippen molar-refractivity contribution in [3.05, 3.63) is 87.9 Å². The third-order valence-electron chi connectivity index (χ3n) is 5.46. The second-order valence-corrected chi connectivity index (χ2v) is 11.1. The summed E-state index contributed by atoms with van der Waals surface area (Å²) < 4.78 is 42.6. The summed E-state index contributed by atoms with van der Waals surface area (Å²) in [6.45, 7) is 0.0956. The van der Waals surface area contributed by atoms with Gasteiger partial charge in [-0.05, 0) is 66.4 Å². The predicted molar refractivity (Wildman–Crippen MR) is 124 cm³/mol. The Morgan fingerprint density at radius 2 is 1.70 bits per heavy atom. The van der Waals surface area contributed by atoms with E-state index in [0.717, 1.165) is 4.88 Å². The molecule has 1 aromatic heterocycles. The third-order valence-corrected chi connectivity index (χ3v) is 8.07. The van der Waals surface area contributed by atoms with E-state index in [1.54, 1.807) is 29.2 Å². The number of rotatable bonds is 8. The van der Waals surface area contributed by atoms with Crippen LogP contribution in [0.1, 0.15) is 27.2 Å². The van der Waals surface area contributed by atoms with Crippen LogP contribution in [0.25, 0.3) is 0 Å². The average Bonchev–Trinajstić information content (AvgIpc) is 3.45. The lowest BCUT2D eigenvalue weighted by Crippen LogP contribution is -2.42. The van der Waals surface area contributed by atoms with E-state index < -0.39 is 15.7 Å². The smallest absolute Gasteiger partial charge is 0.261 e. The fourth-order valence-corrected chi connectivity index (χ4v) is 6.14. The standard InChI is InChI=1S/C24H22FNO5S2/c25-19-7-3-17(4-8-19)24(28)18-5-9-21(10-6-18)31-15-23(27)26(14-22-2-1-12-32-22)20-11-13-33(29,30)16-20/h1-10,12,20H,11,13-16H2. The molecule has 1 fully saturated rings. The van der Waals surface area contributed by atoms with Crippen LogP contribution < -0.4 is 4.74 Å². The van der Waals surface area contributed by atoms with Gasteiger partial charge in [0.1, 0.15) is 11.6 Å². The molecule has 0 aliphatic carbocycles. The SMILES string of the molecule is O=C(c1ccc(F)cc1)c1ccc(OCC(=O)N(Cc2cccs2)C2CCS(=O)(=O)C2)cc1. The summed E-state index contributed by atoms with van der Waals surface area (Å²) >= 11 is 1.51. The van der Waals surface area contributed by atoms with Crippen LogP contribution in [-0.4, -0.2) is 49.2 Å². The van der Waals surface area contributed by atoms with Gasteiger partial charge in [0.05, 0.1) is 18.1 Å². The number of amides is 1. The van der Waals surface area contributed by atoms with Crippen LogP contribution >= 0.6 is 11.3 Å². The molecule has 1 aliphatic rings. The number of thiophene rings is 1. The van der Waals surface area contributed by atoms with Crippen LogP contribution in [0.5, 0.6) is 5.75 Å². The highest BCUT2D eigenvalue weighted by atomic mass is 32.2. The molecule has 4 rings (SSSR count). The van der Waals surface area contributed by atoms with Crippen molar-refractivity contribution in [2.24, 2.45) is 0 Å². The number of carbonyl (C=O) groups excluding carboxylic acids is 2. The van der Waals surface area contributed by atoms with Crippen molar-refractivity contribution in [2.45, 2.75) is 19.0 Å². The Balaban J connectivity index is 1.40. The maximum atomic E-state index is 13.1. The van der Waals surface area contributed by atoms with E-state index in [4.69, 9.17) is 4.74 Å². The van der Waals surface area contributed by atoms with E-state index in [-0.39, 0.29) is 35.8 Å². The Labute approximate surface area is 195 Å². The molecule has 9 heteroatoms. The summed E-state index contributed by atoms with van der Waals surface area (Å²) in [5.74, 6) is -0.503. The van der Waals surface area contributed by atoms with E-state index in [1.165, 1.54) is 35.6 Å². The highest BCUT2D eigenvalue weighted by molar-refractivity contribution is 7.91. The molecule has 1 aliphatic heterocycles. The van der Waals surface area contributed by atoms with E-state index in [0.29, 0.717) is 29.8 Å². The molecule has 3 aromatic rings. The Morgan fingerprint density at radius 3 is 2.27 bits per heavy atom. The maximum Gasteiger partial charge on any atom is 0.261 e. The van der Waals surface area contributed by atoms with Gasteiger partial charge in [-0.2, -0.15) is 0 Å². The molecule has 1 unspecified atom stereocenters. The Kier molecular flexibility index (Phi) is 6.90. The number of ketones is 1. The number of nitrogens with zero attached hydrogens (tertiary/aromatic N) is 1. The first-order valence-corrected chi connectivity index (χ1v) is 13.1. The van der Waals surface area contributed by atoms with Gasteiger partial charge in [-0.3, -0.25) is 9.59 Å². The summed E-state index contributed by atoms with van der Waals surface area (Å²) in [6.07, 6.45) is 0.416. The first-order valence-electron chi connectivity index (χ1n) is 10.4. The summed E-state index contributed by atoms with van der Waals surface area (Å²) in [5.41, 5.74) is 0.784. The second-order valence-electron chi connectivity index (χ2n) is 7.81. The second kappa shape index (κ2) is 9.84. The van der Waals surface area contributed by atoms with Crippen molar-refractivity contribution in [3.63, 3.8) is 0 Å². The normalized spacial score (nSPS) is 16.9. The lowest BCUT2D eigenvalue weighted by molar-refractivity contribution is -0.135. The summed E-state index contributed by atoms with van der Waals surface area (Å²) in [4.78, 5) is 28.0. The predicted octanol–water partition coefficient (Wildman–Crippen LogP) is 3.71. The molecular weight excluding hydrogens is 465 g/mol. The molecule has 0 radical (unpaired) electrons. The summed E-state index contributed by atoms with van der Waals surface area (Å²) in [5, 5.41) is 1.91. The molecule has 0 spiro atoms. The number of ether oxygens (including phenoxy) is 1. The quantitative estimate of drug-likeness (QED) is 0.453. The highest BCUT2D eigenvalue weighted by Crippen LogP contribution is 2.23. The monoisotopic (exact) mass is 487 g/mol. The first kappa shape index (κ1) is 23.1. The van der Waals surface area contributed by atoms with Gasteiger partial charge >= 0.3 is 0 Å². The number of sulfone groups is 1. The van der Waals surface area contributed by atoms with Crippen molar-refractivity contribution < 1.29 is 27.1 Å². The summed E-state index contributed by atoms with van der Waals surface area (Å²) in [6, 6.07) is 15.1. The fraction of sp³-hybridized carbons (Fsp3) is 0.250. The first-order chi connectivity index (χ1) is 15.8. The largest absolute Gasteiger partial charge is 0.484 e. The lowest BCUT2D eigenvalue weighted by atomic mass is 10.0. The molecule has 0 saturated carbocycles. The van der Waals surface area contributed by atoms with E-state index in [1.807, 2.05) is 17.5 Å². The average molecular weight is 488 g/mol. The minimum Gasteiger partial charge on any atom is -0.484 e. The van der Waals surface area contributed by atoms with Gasteiger partial charge in [-0.1, -0.05) is 6.07 Å². The van der Waals surface area contributed by atoms with Crippen LogP contribution in [0.2, 0.25) is 0 Å². The molecule has 2 aromatic carbocycles. The molecule has 2 heterocycles. The fourth-order valence-electron chi connectivity index (χ4n) is 3.71. The van der Waals surface area contributed by atoms with Crippen molar-refractivity contribution in [1.82, 2.24) is 4.90 Å². The van der Waals surface area contributed by atoms with Gasteiger partial charge in [-0.25, -0.2) is 12.8 Å². The number of hydrogen-bond acceptors (Lipinski definition) is 6. The van der Waals surface area contributed by atoms with Crippen molar-refractivity contribution in [2.75, 3.05) is 18.1 Å². The van der Waals surface area contributed by atoms with Crippen molar-refractivity contribution in [3.8, 4) is 5.75 Å². The van der Waals surface area contributed by atoms with Gasteiger partial charge in [-0.15, -0.1) is 11.3 Å². The number of carbonyl (C=O) groups is 2. The Bertz CT molecular complexity index is 1220. The molecular formula is C24H22FNO5S2. The number of benzene rings is 2. The molecule has 0 bridgehead atoms. The maximum absolute atomic E-state index is 13.1. The highest BCUT2D eigenvalue weighted by Gasteiger charge is 2.35. The van der Waals surface area contributed by atoms with Gasteiger partial charge in [0.2, 0.25) is 0 Å². The molecule has 1 atom stereocenters. The number of halogens is 1. The number of hydrogen-bond donors (Lipinski definition) is 0. The van der Waals surface area contributed by atoms with Crippen LogP contribution in [0.3, 0.4) is 0 Å². The zero-order valence-corrected chi connectivity index (χ0v) is 19.3. The molecule has 172 valence electrons. The Hall–Kier alpha value is -3.04. The molecule has 33 heavy (non-hydrogen) atoms. The van der Waals surface area contributed by atoms with E-state index in [2.05, 4.69) is 0 Å². The van der Waals surface area contributed by atoms with Gasteiger partial charge in [0.15, 0.2) is 22.2 Å². The lowest BCUT2D eigenvalue weighted by Gasteiger charge is -2.28. The zero-order chi connectivity index (χ0) is 23.4. The van der Waals surface area contributed by atoms with Crippen LogP contribution in [0.4, 0.5) is 4.39 Å². The van der Waals surface area contributed by atoms with Crippen molar-refractivity contribution in [1.29, 1.82) is 0 Å². The summed E-state index contributed by atoms with van der Waals surface area (Å²) in [7, 11) is -3.14. The van der Waals surface area contributed by atoms with Gasteiger partial charge < -0.3 is 9.64 Å². The van der Waals surface area contributed by atoms with E-state index >= 15 is 0 Å². The Morgan fingerprint density at radius 1 is 1.03 bits per heavy atom. The van der Waals surface area contributed by atoms with Crippen LogP contribution in [0.15, 0.2) is 66.0 Å². The van der Waals surface area contributed by atoms with Gasteiger partial charge in [0.25, 0.3) is 5.91 Å². The van der Waals surface area contributed by atoms with Crippen molar-refractivity contribution >= 4 is 32.9 Å². The minimum atomic E-state index is -3.14. The van der Waals surface area contributed by atoms with Crippen LogP contribution in [-0.2, 0) is 21.2 Å². The topological polar surface area (TPSA) is 80.8 Å². The van der Waals surface area contributed by atoms with E-state index in [9.17, 15) is 22.4 Å². The molecule has 6 nitrogen and oxygen atoms in total. The molecule has 0 N–H and O–H groups in total. The minimum absolute atomic E-state index is 0.0374. The van der Waals surface area contributed by atoms with Gasteiger partial charge in [0, 0.05) is 22.0 Å². The molecule has 1 amide bonds. The van der Waals surface area contributed by atoms with Crippen LogP contribution in [0, 0.1) is 5.82 Å². The third kappa shape index (κ3) is 5.85. The molecule has 1 saturated heterocycles. The zero-order valence-electron chi connectivity index (χ0n) is 17.6.